The molecule has 2 rings (SSSR count). The molecule has 1 aliphatic heterocycles. The van der Waals surface area contributed by atoms with Gasteiger partial charge in [-0.1, -0.05) is 11.6 Å². The van der Waals surface area contributed by atoms with Gasteiger partial charge < -0.3 is 9.47 Å². The Hall–Kier alpha value is -0.290. The van der Waals surface area contributed by atoms with Crippen molar-refractivity contribution in [3.63, 3.8) is 0 Å². The summed E-state index contributed by atoms with van der Waals surface area (Å²) in [6.45, 7) is 3.21. The van der Waals surface area contributed by atoms with Gasteiger partial charge >= 0.3 is 10.3 Å². The van der Waals surface area contributed by atoms with Crippen LogP contribution in [0, 0.1) is 0 Å². The van der Waals surface area contributed by atoms with E-state index in [0.29, 0.717) is 4.47 Å². The first-order chi connectivity index (χ1) is 8.66. The molecule has 1 aliphatic rings. The number of hydrogen-bond donors (Lipinski definition) is 1. The van der Waals surface area contributed by atoms with Gasteiger partial charge in [0.2, 0.25) is 0 Å². The molecule has 2 N–H and O–H groups in total. The highest BCUT2D eigenvalue weighted by atomic mass is 35.5. The van der Waals surface area contributed by atoms with Crippen LogP contribution in [0.4, 0.5) is 0 Å². The molecule has 7 nitrogen and oxygen atoms in total. The minimum atomic E-state index is -4.02. The zero-order chi connectivity index (χ0) is 14.3. The summed E-state index contributed by atoms with van der Waals surface area (Å²) >= 11 is 7.01. The van der Waals surface area contributed by atoms with Gasteiger partial charge in [0.25, 0.3) is 0 Å². The van der Waals surface area contributed by atoms with Crippen molar-refractivity contribution in [3.8, 4) is 0 Å². The van der Waals surface area contributed by atoms with Gasteiger partial charge in [-0.05, 0) is 13.8 Å². The van der Waals surface area contributed by atoms with E-state index in [1.54, 1.807) is 20.0 Å². The van der Waals surface area contributed by atoms with E-state index in [4.69, 9.17) is 26.2 Å². The van der Waals surface area contributed by atoms with Crippen LogP contribution in [-0.4, -0.2) is 31.9 Å². The predicted octanol–water partition coefficient (Wildman–Crippen LogP) is 1.21. The molecule has 1 fully saturated rings. The van der Waals surface area contributed by atoms with Crippen molar-refractivity contribution in [2.45, 2.75) is 31.8 Å². The van der Waals surface area contributed by atoms with Crippen LogP contribution >= 0.6 is 22.9 Å². The van der Waals surface area contributed by atoms with E-state index >= 15 is 0 Å². The Labute approximate surface area is 119 Å². The smallest absolute Gasteiger partial charge is 0.333 e. The summed E-state index contributed by atoms with van der Waals surface area (Å²) in [6, 6.07) is 0. The largest absolute Gasteiger partial charge is 0.342 e. The minimum Gasteiger partial charge on any atom is -0.342 e. The molecule has 2 heterocycles. The molecule has 0 amide bonds. The minimum absolute atomic E-state index is 0.234. The quantitative estimate of drug-likeness (QED) is 0.891. The number of hydrogen-bond acceptors (Lipinski definition) is 7. The molecule has 0 aromatic carbocycles. The van der Waals surface area contributed by atoms with E-state index in [1.165, 1.54) is 11.3 Å². The summed E-state index contributed by atoms with van der Waals surface area (Å²) in [5, 5.41) is 4.79. The van der Waals surface area contributed by atoms with E-state index in [1.807, 2.05) is 0 Å². The van der Waals surface area contributed by atoms with E-state index in [2.05, 4.69) is 9.17 Å². The third-order valence-corrected chi connectivity index (χ3v) is 4.00. The molecule has 0 unspecified atom stereocenters. The second kappa shape index (κ2) is 5.24. The molecule has 108 valence electrons. The topological polar surface area (TPSA) is 101 Å². The molecule has 0 saturated carbocycles. The molecule has 2 atom stereocenters. The van der Waals surface area contributed by atoms with Gasteiger partial charge in [0.15, 0.2) is 10.3 Å². The van der Waals surface area contributed by atoms with Crippen molar-refractivity contribution in [1.82, 2.24) is 4.98 Å². The van der Waals surface area contributed by atoms with Gasteiger partial charge in [0, 0.05) is 6.20 Å². The molecular formula is C9H13ClN2O5S2. The summed E-state index contributed by atoms with van der Waals surface area (Å²) in [5.41, 5.74) is 0. The van der Waals surface area contributed by atoms with Crippen molar-refractivity contribution in [2.75, 3.05) is 6.61 Å². The number of halogens is 1. The van der Waals surface area contributed by atoms with Gasteiger partial charge in [-0.15, -0.1) is 11.3 Å². The van der Waals surface area contributed by atoms with Crippen molar-refractivity contribution < 1.29 is 22.1 Å². The van der Waals surface area contributed by atoms with Gasteiger partial charge in [-0.25, -0.2) is 10.1 Å². The summed E-state index contributed by atoms with van der Waals surface area (Å²) in [4.78, 5) is 4.65. The fourth-order valence-electron chi connectivity index (χ4n) is 1.76. The third kappa shape index (κ3) is 4.09. The lowest BCUT2D eigenvalue weighted by Gasteiger charge is -2.16. The van der Waals surface area contributed by atoms with Crippen LogP contribution in [0.15, 0.2) is 6.20 Å². The Bertz CT molecular complexity index is 559. The Morgan fingerprint density at radius 1 is 1.58 bits per heavy atom. The number of rotatable bonds is 4. The lowest BCUT2D eigenvalue weighted by molar-refractivity contribution is -0.148. The highest BCUT2D eigenvalue weighted by Crippen LogP contribution is 2.40. The first-order valence-corrected chi connectivity index (χ1v) is 7.97. The van der Waals surface area contributed by atoms with Crippen LogP contribution in [0.5, 0.6) is 0 Å². The van der Waals surface area contributed by atoms with Crippen LogP contribution < -0.4 is 5.14 Å². The monoisotopic (exact) mass is 328 g/mol. The number of nitrogens with zero attached hydrogens (tertiary/aromatic N) is 1. The molecule has 10 heteroatoms. The van der Waals surface area contributed by atoms with Gasteiger partial charge in [0.05, 0.1) is 11.5 Å². The highest BCUT2D eigenvalue weighted by molar-refractivity contribution is 7.84. The fourth-order valence-corrected chi connectivity index (χ4v) is 3.12. The summed E-state index contributed by atoms with van der Waals surface area (Å²) in [6.07, 6.45) is 0.457. The average Bonchev–Trinajstić information content (AvgIpc) is 2.78. The normalized spacial score (nSPS) is 26.7. The molecule has 0 aliphatic carbocycles. The Kier molecular flexibility index (Phi) is 4.17. The maximum Gasteiger partial charge on any atom is 0.333 e. The summed E-state index contributed by atoms with van der Waals surface area (Å²) < 4.78 is 37.9. The van der Waals surface area contributed by atoms with Crippen LogP contribution in [0.1, 0.15) is 24.8 Å². The number of thiazole rings is 1. The van der Waals surface area contributed by atoms with Crippen LogP contribution in [0.2, 0.25) is 4.47 Å². The molecule has 1 aromatic rings. The van der Waals surface area contributed by atoms with E-state index in [0.717, 1.165) is 4.88 Å². The van der Waals surface area contributed by atoms with Crippen molar-refractivity contribution in [2.24, 2.45) is 5.14 Å². The average molecular weight is 329 g/mol. The van der Waals surface area contributed by atoms with Crippen LogP contribution in [-0.2, 0) is 24.0 Å². The maximum absolute atomic E-state index is 10.8. The Morgan fingerprint density at radius 2 is 2.26 bits per heavy atom. The van der Waals surface area contributed by atoms with Crippen molar-refractivity contribution >= 4 is 33.2 Å². The molecule has 1 aromatic heterocycles. The molecule has 0 spiro atoms. The Balaban J connectivity index is 2.15. The lowest BCUT2D eigenvalue weighted by atomic mass is 10.2. The zero-order valence-corrected chi connectivity index (χ0v) is 12.6. The molecule has 0 bridgehead atoms. The first kappa shape index (κ1) is 15.1. The van der Waals surface area contributed by atoms with Crippen LogP contribution in [0.25, 0.3) is 0 Å². The van der Waals surface area contributed by atoms with Gasteiger partial charge in [-0.3, -0.25) is 4.18 Å². The predicted molar refractivity (Wildman–Crippen MR) is 69.0 cm³/mol. The SMILES string of the molecule is CC1(C)O[C@@H](COS(N)(=O)=O)[C@H](c2cnc(Cl)s2)O1. The van der Waals surface area contributed by atoms with E-state index in [-0.39, 0.29) is 6.61 Å². The van der Waals surface area contributed by atoms with E-state index < -0.39 is 28.3 Å². The van der Waals surface area contributed by atoms with Crippen molar-refractivity contribution in [3.05, 3.63) is 15.5 Å². The van der Waals surface area contributed by atoms with Crippen LogP contribution in [0.3, 0.4) is 0 Å². The zero-order valence-electron chi connectivity index (χ0n) is 10.2. The second-order valence-corrected chi connectivity index (χ2v) is 7.25. The first-order valence-electron chi connectivity index (χ1n) is 5.30. The number of aromatic nitrogens is 1. The molecule has 19 heavy (non-hydrogen) atoms. The molecule has 1 saturated heterocycles. The summed E-state index contributed by atoms with van der Waals surface area (Å²) in [7, 11) is -4.02. The third-order valence-electron chi connectivity index (χ3n) is 2.36. The maximum atomic E-state index is 10.8. The van der Waals surface area contributed by atoms with E-state index in [9.17, 15) is 8.42 Å². The van der Waals surface area contributed by atoms with Gasteiger partial charge in [0.1, 0.15) is 12.2 Å². The standard InChI is InChI=1S/C9H13ClN2O5S2/c1-9(2)16-5(4-15-19(11,13)14)7(17-9)6-3-12-8(10)18-6/h3,5,7H,4H2,1-2H3,(H2,11,13,14)/t5-,7+/m0/s1. The second-order valence-electron chi connectivity index (χ2n) is 4.39. The van der Waals surface area contributed by atoms with Crippen molar-refractivity contribution in [1.29, 1.82) is 0 Å². The fraction of sp³-hybridized carbons (Fsp3) is 0.667. The number of ether oxygens (including phenoxy) is 2. The summed E-state index contributed by atoms with van der Waals surface area (Å²) in [5.74, 6) is -0.854. The number of nitrogens with two attached hydrogens (primary N) is 1. The Morgan fingerprint density at radius 3 is 2.79 bits per heavy atom. The van der Waals surface area contributed by atoms with Gasteiger partial charge in [-0.2, -0.15) is 8.42 Å². The lowest BCUT2D eigenvalue weighted by Crippen LogP contribution is -2.28. The molecule has 0 radical (unpaired) electrons. The molecular weight excluding hydrogens is 316 g/mol. The highest BCUT2D eigenvalue weighted by Gasteiger charge is 2.43.